The van der Waals surface area contributed by atoms with Crippen molar-refractivity contribution in [1.82, 2.24) is 0 Å². The Morgan fingerprint density at radius 3 is 1.31 bits per heavy atom. The molecule has 0 saturated heterocycles. The fourth-order valence-corrected chi connectivity index (χ4v) is 4.74. The molecule has 0 N–H and O–H groups in total. The van der Waals surface area contributed by atoms with Gasteiger partial charge in [0.1, 0.15) is 10.8 Å². The highest BCUT2D eigenvalue weighted by atomic mass is 79.9. The van der Waals surface area contributed by atoms with Gasteiger partial charge in [0.25, 0.3) is 0 Å². The van der Waals surface area contributed by atoms with Crippen molar-refractivity contribution in [2.75, 3.05) is 14.2 Å². The van der Waals surface area contributed by atoms with E-state index >= 15 is 0 Å². The number of carbonyl (C=O) groups excluding carboxylic acids is 4. The highest BCUT2D eigenvalue weighted by Crippen LogP contribution is 2.46. The van der Waals surface area contributed by atoms with Gasteiger partial charge in [-0.2, -0.15) is 0 Å². The molecule has 2 aromatic rings. The van der Waals surface area contributed by atoms with Crippen LogP contribution in [0.2, 0.25) is 0 Å². The van der Waals surface area contributed by atoms with E-state index < -0.39 is 47.2 Å². The summed E-state index contributed by atoms with van der Waals surface area (Å²) in [5.41, 5.74) is -1.95. The van der Waals surface area contributed by atoms with Crippen LogP contribution in [-0.4, -0.2) is 37.7 Å². The minimum absolute atomic E-state index is 0.00701. The van der Waals surface area contributed by atoms with Crippen LogP contribution in [0.1, 0.15) is 24.0 Å². The number of esters is 2. The zero-order chi connectivity index (χ0) is 23.5. The van der Waals surface area contributed by atoms with Crippen LogP contribution in [-0.2, 0) is 41.5 Å². The molecule has 32 heavy (non-hydrogen) atoms. The van der Waals surface area contributed by atoms with Crippen LogP contribution < -0.4 is 0 Å². The van der Waals surface area contributed by atoms with Gasteiger partial charge in [0, 0.05) is 21.8 Å². The van der Waals surface area contributed by atoms with Crippen molar-refractivity contribution in [2.24, 2.45) is 10.8 Å². The Morgan fingerprint density at radius 1 is 0.719 bits per heavy atom. The maximum absolute atomic E-state index is 13.5. The largest absolute Gasteiger partial charge is 0.468 e. The average molecular weight is 566 g/mol. The van der Waals surface area contributed by atoms with E-state index in [0.717, 1.165) is 8.95 Å². The molecule has 8 heteroatoms. The monoisotopic (exact) mass is 564 g/mol. The second kappa shape index (κ2) is 9.67. The number of Topliss-reactive ketones (excluding diaryl/α,β-unsaturated/α-hetero) is 2. The minimum atomic E-state index is -1.68. The van der Waals surface area contributed by atoms with E-state index in [-0.39, 0.29) is 12.8 Å². The summed E-state index contributed by atoms with van der Waals surface area (Å²) in [6.45, 7) is 0. The SMILES string of the molecule is COC(=O)C1(Cc2ccc(Br)cc2)CC(=O)C(Cc2ccc(Br)cc2)(C(=O)OC)CC1=O. The van der Waals surface area contributed by atoms with Crippen LogP contribution in [0.3, 0.4) is 0 Å². The van der Waals surface area contributed by atoms with Gasteiger partial charge in [-0.25, -0.2) is 0 Å². The predicted octanol–water partition coefficient (Wildman–Crippen LogP) is 4.25. The number of hydrogen-bond donors (Lipinski definition) is 0. The molecule has 6 nitrogen and oxygen atoms in total. The summed E-state index contributed by atoms with van der Waals surface area (Å²) in [5, 5.41) is 0. The molecule has 0 aliphatic heterocycles. The summed E-state index contributed by atoms with van der Waals surface area (Å²) in [4.78, 5) is 52.7. The Hall–Kier alpha value is -2.32. The first kappa shape index (κ1) is 24.3. The quantitative estimate of drug-likeness (QED) is 0.384. The van der Waals surface area contributed by atoms with Gasteiger partial charge >= 0.3 is 11.9 Å². The summed E-state index contributed by atoms with van der Waals surface area (Å²) in [7, 11) is 2.38. The van der Waals surface area contributed by atoms with Crippen molar-refractivity contribution in [3.05, 3.63) is 68.6 Å². The van der Waals surface area contributed by atoms with Gasteiger partial charge < -0.3 is 9.47 Å². The van der Waals surface area contributed by atoms with E-state index in [1.807, 2.05) is 0 Å². The van der Waals surface area contributed by atoms with Gasteiger partial charge in [0.15, 0.2) is 11.6 Å². The Bertz CT molecular complexity index is 962. The number of ketones is 2. The van der Waals surface area contributed by atoms with Gasteiger partial charge in [-0.05, 0) is 48.2 Å². The molecule has 2 aromatic carbocycles. The second-order valence-corrected chi connectivity index (χ2v) is 9.79. The van der Waals surface area contributed by atoms with Gasteiger partial charge in [0.2, 0.25) is 0 Å². The number of halogens is 2. The molecule has 2 unspecified atom stereocenters. The third kappa shape index (κ3) is 4.57. The first-order chi connectivity index (χ1) is 15.2. The molecule has 0 bridgehead atoms. The second-order valence-electron chi connectivity index (χ2n) is 7.95. The molecular formula is C24H22Br2O6. The molecule has 0 spiro atoms. The number of methoxy groups -OCH3 is 2. The Morgan fingerprint density at radius 2 is 1.03 bits per heavy atom. The van der Waals surface area contributed by atoms with Crippen LogP contribution in [0.5, 0.6) is 0 Å². The topological polar surface area (TPSA) is 86.7 Å². The molecule has 0 aromatic heterocycles. The summed E-state index contributed by atoms with van der Waals surface area (Å²) >= 11 is 6.71. The highest BCUT2D eigenvalue weighted by Gasteiger charge is 2.61. The molecule has 2 atom stereocenters. The van der Waals surface area contributed by atoms with Crippen molar-refractivity contribution in [3.63, 3.8) is 0 Å². The number of benzene rings is 2. The third-order valence-corrected chi connectivity index (χ3v) is 7.04. The molecule has 168 valence electrons. The Kier molecular flexibility index (Phi) is 7.35. The zero-order valence-electron chi connectivity index (χ0n) is 17.7. The van der Waals surface area contributed by atoms with Crippen LogP contribution in [0.25, 0.3) is 0 Å². The van der Waals surface area contributed by atoms with Crippen molar-refractivity contribution < 1.29 is 28.7 Å². The molecule has 1 aliphatic rings. The predicted molar refractivity (Wildman–Crippen MR) is 124 cm³/mol. The smallest absolute Gasteiger partial charge is 0.320 e. The number of hydrogen-bond acceptors (Lipinski definition) is 6. The normalized spacial score (nSPS) is 23.0. The van der Waals surface area contributed by atoms with E-state index in [2.05, 4.69) is 31.9 Å². The summed E-state index contributed by atoms with van der Waals surface area (Å²) in [5.74, 6) is -2.56. The highest BCUT2D eigenvalue weighted by molar-refractivity contribution is 9.10. The average Bonchev–Trinajstić information content (AvgIpc) is 2.78. The molecule has 1 aliphatic carbocycles. The summed E-state index contributed by atoms with van der Waals surface area (Å²) < 4.78 is 11.6. The van der Waals surface area contributed by atoms with Gasteiger partial charge in [-0.3, -0.25) is 19.2 Å². The lowest BCUT2D eigenvalue weighted by Crippen LogP contribution is -2.57. The molecule has 1 saturated carbocycles. The molecule has 0 amide bonds. The number of carbonyl (C=O) groups is 4. The maximum Gasteiger partial charge on any atom is 0.320 e. The molecule has 0 heterocycles. The lowest BCUT2D eigenvalue weighted by Gasteiger charge is -2.41. The van der Waals surface area contributed by atoms with Crippen LogP contribution in [0, 0.1) is 10.8 Å². The van der Waals surface area contributed by atoms with Gasteiger partial charge in [-0.1, -0.05) is 56.1 Å². The van der Waals surface area contributed by atoms with E-state index in [9.17, 15) is 19.2 Å². The number of rotatable bonds is 6. The molecule has 3 rings (SSSR count). The van der Waals surface area contributed by atoms with Crippen molar-refractivity contribution in [2.45, 2.75) is 25.7 Å². The van der Waals surface area contributed by atoms with Crippen LogP contribution in [0.15, 0.2) is 57.5 Å². The Balaban J connectivity index is 2.02. The van der Waals surface area contributed by atoms with Crippen LogP contribution >= 0.6 is 31.9 Å². The molecule has 1 fully saturated rings. The fraction of sp³-hybridized carbons (Fsp3) is 0.333. The summed E-state index contributed by atoms with van der Waals surface area (Å²) in [6.07, 6.45) is -0.847. The van der Waals surface area contributed by atoms with Crippen molar-refractivity contribution in [3.8, 4) is 0 Å². The van der Waals surface area contributed by atoms with Gasteiger partial charge in [0.05, 0.1) is 14.2 Å². The van der Waals surface area contributed by atoms with Crippen molar-refractivity contribution in [1.29, 1.82) is 0 Å². The minimum Gasteiger partial charge on any atom is -0.468 e. The zero-order valence-corrected chi connectivity index (χ0v) is 20.8. The molecular weight excluding hydrogens is 544 g/mol. The first-order valence-electron chi connectivity index (χ1n) is 9.89. The first-order valence-corrected chi connectivity index (χ1v) is 11.5. The fourth-order valence-electron chi connectivity index (χ4n) is 4.21. The van der Waals surface area contributed by atoms with E-state index in [1.54, 1.807) is 48.5 Å². The lowest BCUT2D eigenvalue weighted by atomic mass is 9.58. The van der Waals surface area contributed by atoms with Crippen molar-refractivity contribution >= 4 is 55.4 Å². The standard InChI is InChI=1S/C24H22Br2O6/c1-31-21(29)23(11-15-3-7-17(25)8-4-15)13-20(28)24(14-19(23)27,22(30)32-2)12-16-5-9-18(26)10-6-16/h3-10H,11-14H2,1-2H3. The third-order valence-electron chi connectivity index (χ3n) is 5.98. The van der Waals surface area contributed by atoms with E-state index in [1.165, 1.54) is 14.2 Å². The van der Waals surface area contributed by atoms with Gasteiger partial charge in [-0.15, -0.1) is 0 Å². The van der Waals surface area contributed by atoms with E-state index in [4.69, 9.17) is 9.47 Å². The van der Waals surface area contributed by atoms with Crippen LogP contribution in [0.4, 0.5) is 0 Å². The lowest BCUT2D eigenvalue weighted by molar-refractivity contribution is -0.174. The maximum atomic E-state index is 13.5. The van der Waals surface area contributed by atoms with E-state index in [0.29, 0.717) is 11.1 Å². The number of ether oxygens (including phenoxy) is 2. The Labute approximate surface area is 202 Å². The molecule has 0 radical (unpaired) electrons. The summed E-state index contributed by atoms with van der Waals surface area (Å²) in [6, 6.07) is 14.3.